The van der Waals surface area contributed by atoms with Gasteiger partial charge in [0.15, 0.2) is 0 Å². The summed E-state index contributed by atoms with van der Waals surface area (Å²) in [6.07, 6.45) is 6.05. The molecule has 2 aromatic heterocycles. The van der Waals surface area contributed by atoms with Crippen molar-refractivity contribution in [1.29, 1.82) is 0 Å². The van der Waals surface area contributed by atoms with E-state index < -0.39 is 0 Å². The van der Waals surface area contributed by atoms with Gasteiger partial charge in [-0.05, 0) is 24.6 Å². The van der Waals surface area contributed by atoms with Crippen molar-refractivity contribution in [3.63, 3.8) is 0 Å². The maximum absolute atomic E-state index is 12.3. The fourth-order valence-electron chi connectivity index (χ4n) is 2.62. The van der Waals surface area contributed by atoms with Gasteiger partial charge in [-0.15, -0.1) is 5.92 Å². The first-order valence-corrected chi connectivity index (χ1v) is 8.92. The summed E-state index contributed by atoms with van der Waals surface area (Å²) in [5, 5.41) is 3.98. The average molecular weight is 346 g/mol. The number of benzene rings is 1. The van der Waals surface area contributed by atoms with Crippen molar-refractivity contribution >= 4 is 22.7 Å². The van der Waals surface area contributed by atoms with Gasteiger partial charge in [0.25, 0.3) is 5.56 Å². The van der Waals surface area contributed by atoms with Crippen molar-refractivity contribution in [2.45, 2.75) is 39.2 Å². The Hall–Kier alpha value is -3.13. The van der Waals surface area contributed by atoms with Crippen molar-refractivity contribution < 1.29 is 0 Å². The molecule has 26 heavy (non-hydrogen) atoms. The monoisotopic (exact) mass is 346 g/mol. The third kappa shape index (κ3) is 4.48. The van der Waals surface area contributed by atoms with Gasteiger partial charge in [-0.1, -0.05) is 43.9 Å². The number of hydrogen-bond acceptors (Lipinski definition) is 4. The molecule has 3 aromatic rings. The molecular formula is C21H22N4O. The molecule has 3 rings (SSSR count). The zero-order chi connectivity index (χ0) is 18.2. The highest BCUT2D eigenvalue weighted by atomic mass is 16.1. The summed E-state index contributed by atoms with van der Waals surface area (Å²) in [6, 6.07) is 13.0. The normalized spacial score (nSPS) is 10.3. The largest absolute Gasteiger partial charge is 0.324 e. The Morgan fingerprint density at radius 3 is 2.73 bits per heavy atom. The second-order valence-corrected chi connectivity index (χ2v) is 6.03. The molecule has 0 bridgehead atoms. The zero-order valence-electron chi connectivity index (χ0n) is 14.9. The van der Waals surface area contributed by atoms with Gasteiger partial charge >= 0.3 is 0 Å². The van der Waals surface area contributed by atoms with E-state index in [1.54, 1.807) is 16.8 Å². The second kappa shape index (κ2) is 8.82. The Bertz CT molecular complexity index is 984. The quantitative estimate of drug-likeness (QED) is 0.539. The molecule has 1 N–H and O–H groups in total. The molecule has 0 atom stereocenters. The topological polar surface area (TPSA) is 59.8 Å². The maximum Gasteiger partial charge on any atom is 0.253 e. The van der Waals surface area contributed by atoms with Crippen LogP contribution < -0.4 is 10.9 Å². The third-order valence-corrected chi connectivity index (χ3v) is 4.02. The number of aromatic nitrogens is 3. The Morgan fingerprint density at radius 2 is 1.92 bits per heavy atom. The molecular weight excluding hydrogens is 324 g/mol. The van der Waals surface area contributed by atoms with Crippen molar-refractivity contribution in [2.75, 3.05) is 5.32 Å². The molecule has 132 valence electrons. The van der Waals surface area contributed by atoms with Gasteiger partial charge in [0.2, 0.25) is 5.95 Å². The van der Waals surface area contributed by atoms with Crippen LogP contribution in [-0.4, -0.2) is 14.5 Å². The van der Waals surface area contributed by atoms with Gasteiger partial charge in [0.05, 0.1) is 6.54 Å². The lowest BCUT2D eigenvalue weighted by Crippen LogP contribution is -2.20. The number of unbranched alkanes of at least 4 members (excludes halogenated alkanes) is 3. The molecule has 0 aliphatic carbocycles. The van der Waals surface area contributed by atoms with Crippen molar-refractivity contribution in [1.82, 2.24) is 14.5 Å². The van der Waals surface area contributed by atoms with Crippen molar-refractivity contribution in [3.8, 4) is 11.8 Å². The van der Waals surface area contributed by atoms with Crippen LogP contribution in [0.2, 0.25) is 0 Å². The van der Waals surface area contributed by atoms with E-state index in [1.807, 2.05) is 30.3 Å². The number of rotatable bonds is 6. The smallest absolute Gasteiger partial charge is 0.253 e. The molecule has 0 saturated carbocycles. The molecule has 0 aliphatic heterocycles. The van der Waals surface area contributed by atoms with Gasteiger partial charge in [0.1, 0.15) is 5.65 Å². The summed E-state index contributed by atoms with van der Waals surface area (Å²) in [5.74, 6) is 6.70. The molecule has 0 saturated heterocycles. The molecule has 0 amide bonds. The van der Waals surface area contributed by atoms with Gasteiger partial charge < -0.3 is 5.32 Å². The SMILES string of the molecule is CCCCCC#CCn1c(=O)ccc2cnc(Nc3ccccc3)nc21. The summed E-state index contributed by atoms with van der Waals surface area (Å²) >= 11 is 0. The van der Waals surface area contributed by atoms with E-state index >= 15 is 0 Å². The van der Waals surface area contributed by atoms with E-state index in [2.05, 4.69) is 34.0 Å². The van der Waals surface area contributed by atoms with Crippen LogP contribution in [0.25, 0.3) is 11.0 Å². The van der Waals surface area contributed by atoms with E-state index in [-0.39, 0.29) is 5.56 Å². The molecule has 0 aliphatic rings. The van der Waals surface area contributed by atoms with Crippen LogP contribution in [-0.2, 0) is 6.54 Å². The number of fused-ring (bicyclic) bond motifs is 1. The van der Waals surface area contributed by atoms with Crippen LogP contribution in [0.1, 0.15) is 32.6 Å². The minimum absolute atomic E-state index is 0.107. The predicted molar refractivity (Wildman–Crippen MR) is 105 cm³/mol. The van der Waals surface area contributed by atoms with E-state index in [9.17, 15) is 4.79 Å². The van der Waals surface area contributed by atoms with Crippen LogP contribution in [0.15, 0.2) is 53.5 Å². The molecule has 1 aromatic carbocycles. The molecule has 0 radical (unpaired) electrons. The molecule has 2 heterocycles. The highest BCUT2D eigenvalue weighted by Gasteiger charge is 2.06. The fraction of sp³-hybridized carbons (Fsp3) is 0.286. The van der Waals surface area contributed by atoms with Crippen molar-refractivity contribution in [2.24, 2.45) is 0 Å². The lowest BCUT2D eigenvalue weighted by atomic mass is 10.2. The summed E-state index contributed by atoms with van der Waals surface area (Å²) in [4.78, 5) is 21.1. The number of anilines is 2. The van der Waals surface area contributed by atoms with E-state index in [0.29, 0.717) is 18.1 Å². The van der Waals surface area contributed by atoms with E-state index in [4.69, 9.17) is 0 Å². The van der Waals surface area contributed by atoms with Crippen LogP contribution in [0.5, 0.6) is 0 Å². The molecule has 5 nitrogen and oxygen atoms in total. The Balaban J connectivity index is 1.85. The van der Waals surface area contributed by atoms with Gasteiger partial charge in [-0.3, -0.25) is 9.36 Å². The average Bonchev–Trinajstić information content (AvgIpc) is 2.67. The van der Waals surface area contributed by atoms with E-state index in [1.165, 1.54) is 18.9 Å². The van der Waals surface area contributed by atoms with Crippen LogP contribution >= 0.6 is 0 Å². The van der Waals surface area contributed by atoms with E-state index in [0.717, 1.165) is 23.9 Å². The molecule has 0 fully saturated rings. The van der Waals surface area contributed by atoms with Gasteiger partial charge in [0, 0.05) is 29.8 Å². The molecule has 0 spiro atoms. The number of nitrogens with zero attached hydrogens (tertiary/aromatic N) is 3. The van der Waals surface area contributed by atoms with Gasteiger partial charge in [-0.25, -0.2) is 4.98 Å². The fourth-order valence-corrected chi connectivity index (χ4v) is 2.62. The van der Waals surface area contributed by atoms with Crippen LogP contribution in [0.3, 0.4) is 0 Å². The summed E-state index contributed by atoms with van der Waals surface area (Å²) in [7, 11) is 0. The Morgan fingerprint density at radius 1 is 1.08 bits per heavy atom. The minimum atomic E-state index is -0.107. The number of pyridine rings is 1. The summed E-state index contributed by atoms with van der Waals surface area (Å²) in [5.41, 5.74) is 1.38. The van der Waals surface area contributed by atoms with Crippen LogP contribution in [0, 0.1) is 11.8 Å². The third-order valence-electron chi connectivity index (χ3n) is 4.02. The molecule has 0 unspecified atom stereocenters. The standard InChI is InChI=1S/C21H22N4O/c1-2-3-4-5-6-10-15-25-19(26)14-13-17-16-22-21(24-20(17)25)23-18-11-8-7-9-12-18/h7-9,11-14,16H,2-5,15H2,1H3,(H,22,23,24). The Kier molecular flexibility index (Phi) is 6.00. The highest BCUT2D eigenvalue weighted by Crippen LogP contribution is 2.15. The summed E-state index contributed by atoms with van der Waals surface area (Å²) < 4.78 is 1.60. The second-order valence-electron chi connectivity index (χ2n) is 6.03. The van der Waals surface area contributed by atoms with Gasteiger partial charge in [-0.2, -0.15) is 4.98 Å². The predicted octanol–water partition coefficient (Wildman–Crippen LogP) is 4.12. The van der Waals surface area contributed by atoms with Crippen molar-refractivity contribution in [3.05, 3.63) is 59.0 Å². The zero-order valence-corrected chi connectivity index (χ0v) is 14.9. The van der Waals surface area contributed by atoms with Crippen LogP contribution in [0.4, 0.5) is 11.6 Å². The number of nitrogens with one attached hydrogen (secondary N) is 1. The summed E-state index contributed by atoms with van der Waals surface area (Å²) in [6.45, 7) is 2.51. The highest BCUT2D eigenvalue weighted by molar-refractivity contribution is 5.75. The molecule has 5 heteroatoms. The lowest BCUT2D eigenvalue weighted by Gasteiger charge is -2.08. The first-order valence-electron chi connectivity index (χ1n) is 8.92. The number of hydrogen-bond donors (Lipinski definition) is 1. The first kappa shape index (κ1) is 17.7. The Labute approximate surface area is 153 Å². The first-order chi connectivity index (χ1) is 12.8. The minimum Gasteiger partial charge on any atom is -0.324 e. The number of para-hydroxylation sites is 1. The maximum atomic E-state index is 12.3. The lowest BCUT2D eigenvalue weighted by molar-refractivity contribution is 0.736.